The Morgan fingerprint density at radius 1 is 1.21 bits per heavy atom. The third kappa shape index (κ3) is 4.41. The van der Waals surface area contributed by atoms with E-state index in [4.69, 9.17) is 10.5 Å². The first-order chi connectivity index (χ1) is 18.4. The SMILES string of the molecule is C=CC(=O)N[C@@H]1Cn2c(c(-c3ccc(C(=O)N[C@@H](COC)c4ccccn4)cc3)c3c(N)ncnc32)C1=C. The van der Waals surface area contributed by atoms with E-state index in [-0.39, 0.29) is 24.5 Å². The minimum absolute atomic E-state index is 0.254. The minimum Gasteiger partial charge on any atom is -0.383 e. The lowest BCUT2D eigenvalue weighted by molar-refractivity contribution is -0.116. The van der Waals surface area contributed by atoms with Crippen molar-refractivity contribution in [3.63, 3.8) is 0 Å². The molecule has 1 aliphatic heterocycles. The van der Waals surface area contributed by atoms with Crippen LogP contribution in [-0.4, -0.2) is 51.1 Å². The molecule has 10 nitrogen and oxygen atoms in total. The van der Waals surface area contributed by atoms with Crippen LogP contribution in [-0.2, 0) is 16.1 Å². The van der Waals surface area contributed by atoms with Crippen LogP contribution in [0.5, 0.6) is 0 Å². The highest BCUT2D eigenvalue weighted by molar-refractivity contribution is 6.07. The fourth-order valence-corrected chi connectivity index (χ4v) is 4.79. The van der Waals surface area contributed by atoms with Crippen molar-refractivity contribution in [1.82, 2.24) is 30.2 Å². The highest BCUT2D eigenvalue weighted by Crippen LogP contribution is 2.43. The number of fused-ring (bicyclic) bond motifs is 3. The largest absolute Gasteiger partial charge is 0.383 e. The summed E-state index contributed by atoms with van der Waals surface area (Å²) < 4.78 is 7.28. The Morgan fingerprint density at radius 3 is 2.68 bits per heavy atom. The number of ether oxygens (including phenoxy) is 1. The first-order valence-electron chi connectivity index (χ1n) is 12.0. The number of nitrogens with two attached hydrogens (primary N) is 1. The van der Waals surface area contributed by atoms with Crippen LogP contribution in [0.4, 0.5) is 5.82 Å². The van der Waals surface area contributed by atoms with E-state index in [9.17, 15) is 9.59 Å². The van der Waals surface area contributed by atoms with Crippen LogP contribution >= 0.6 is 0 Å². The standard InChI is InChI=1S/C28H27N7O3/c1-4-22(36)33-20-13-35-25(16(20)2)23(24-26(29)31-15-32-27(24)35)17-8-10-18(11-9-17)28(37)34-21(14-38-3)19-7-5-6-12-30-19/h4-12,15,20-21H,1-2,13-14H2,3H3,(H,33,36)(H,34,37)(H2,29,31,32)/t20-,21+/m1/s1. The van der Waals surface area contributed by atoms with Crippen LogP contribution in [0.25, 0.3) is 27.7 Å². The molecule has 0 aliphatic carbocycles. The van der Waals surface area contributed by atoms with Crippen LogP contribution in [0.1, 0.15) is 27.8 Å². The first-order valence-corrected chi connectivity index (χ1v) is 12.0. The average molecular weight is 510 g/mol. The Bertz CT molecular complexity index is 1540. The van der Waals surface area contributed by atoms with Crippen molar-refractivity contribution < 1.29 is 14.3 Å². The number of hydrogen-bond acceptors (Lipinski definition) is 7. The number of amides is 2. The number of methoxy groups -OCH3 is 1. The molecule has 10 heteroatoms. The molecular weight excluding hydrogens is 482 g/mol. The van der Waals surface area contributed by atoms with Crippen molar-refractivity contribution in [2.24, 2.45) is 0 Å². The number of carbonyl (C=O) groups is 2. The van der Waals surface area contributed by atoms with Gasteiger partial charge in [0.25, 0.3) is 5.91 Å². The van der Waals surface area contributed by atoms with E-state index in [1.54, 1.807) is 25.4 Å². The van der Waals surface area contributed by atoms with Gasteiger partial charge < -0.3 is 25.7 Å². The molecular formula is C28H27N7O3. The quantitative estimate of drug-likeness (QED) is 0.311. The highest BCUT2D eigenvalue weighted by atomic mass is 16.5. The Labute approximate surface area is 219 Å². The van der Waals surface area contributed by atoms with E-state index in [0.29, 0.717) is 34.7 Å². The zero-order valence-corrected chi connectivity index (χ0v) is 20.8. The lowest BCUT2D eigenvalue weighted by atomic mass is 9.97. The second-order valence-electron chi connectivity index (χ2n) is 8.90. The Morgan fingerprint density at radius 2 is 2.00 bits per heavy atom. The van der Waals surface area contributed by atoms with Crippen molar-refractivity contribution in [3.8, 4) is 11.1 Å². The van der Waals surface area contributed by atoms with Gasteiger partial charge >= 0.3 is 0 Å². The summed E-state index contributed by atoms with van der Waals surface area (Å²) in [7, 11) is 1.58. The van der Waals surface area contributed by atoms with E-state index in [0.717, 1.165) is 22.4 Å². The Hall–Kier alpha value is -4.83. The van der Waals surface area contributed by atoms with Gasteiger partial charge in [-0.2, -0.15) is 0 Å². The van der Waals surface area contributed by atoms with E-state index in [2.05, 4.69) is 38.7 Å². The smallest absolute Gasteiger partial charge is 0.251 e. The monoisotopic (exact) mass is 509 g/mol. The fraction of sp³-hybridized carbons (Fsp3) is 0.179. The van der Waals surface area contributed by atoms with Crippen molar-refractivity contribution >= 4 is 34.2 Å². The van der Waals surface area contributed by atoms with Gasteiger partial charge in [-0.15, -0.1) is 0 Å². The zero-order chi connectivity index (χ0) is 26.8. The first kappa shape index (κ1) is 24.8. The van der Waals surface area contributed by atoms with E-state index < -0.39 is 6.04 Å². The number of pyridine rings is 1. The number of carbonyl (C=O) groups excluding carboxylic acids is 2. The van der Waals surface area contributed by atoms with Crippen LogP contribution in [0.2, 0.25) is 0 Å². The molecule has 4 N–H and O–H groups in total. The molecule has 0 unspecified atom stereocenters. The molecule has 2 atom stereocenters. The maximum Gasteiger partial charge on any atom is 0.251 e. The number of benzene rings is 1. The summed E-state index contributed by atoms with van der Waals surface area (Å²) in [5.41, 5.74) is 11.3. The lowest BCUT2D eigenvalue weighted by Crippen LogP contribution is -2.33. The molecule has 1 aromatic carbocycles. The summed E-state index contributed by atoms with van der Waals surface area (Å²) in [5, 5.41) is 6.60. The number of hydrogen-bond donors (Lipinski definition) is 3. The number of nitrogens with zero attached hydrogens (tertiary/aromatic N) is 4. The third-order valence-electron chi connectivity index (χ3n) is 6.58. The Kier molecular flexibility index (Phi) is 6.71. The number of anilines is 1. The highest BCUT2D eigenvalue weighted by Gasteiger charge is 2.34. The zero-order valence-electron chi connectivity index (χ0n) is 20.8. The van der Waals surface area contributed by atoms with Crippen LogP contribution in [0, 0.1) is 0 Å². The van der Waals surface area contributed by atoms with Crippen molar-refractivity contribution in [2.75, 3.05) is 19.5 Å². The topological polar surface area (TPSA) is 137 Å². The summed E-state index contributed by atoms with van der Waals surface area (Å²) in [6.45, 7) is 8.53. The maximum atomic E-state index is 13.1. The molecule has 2 amide bonds. The van der Waals surface area contributed by atoms with E-state index in [1.807, 2.05) is 34.9 Å². The van der Waals surface area contributed by atoms with Crippen LogP contribution in [0.3, 0.4) is 0 Å². The molecule has 192 valence electrons. The molecule has 0 saturated heterocycles. The summed E-state index contributed by atoms with van der Waals surface area (Å²) in [4.78, 5) is 38.1. The summed E-state index contributed by atoms with van der Waals surface area (Å²) in [5.74, 6) is -0.198. The molecule has 0 bridgehead atoms. The van der Waals surface area contributed by atoms with Crippen LogP contribution < -0.4 is 16.4 Å². The summed E-state index contributed by atoms with van der Waals surface area (Å²) in [6, 6.07) is 12.0. The van der Waals surface area contributed by atoms with Gasteiger partial charge in [0.05, 0.1) is 35.5 Å². The van der Waals surface area contributed by atoms with Gasteiger partial charge in [0.2, 0.25) is 5.91 Å². The van der Waals surface area contributed by atoms with Gasteiger partial charge in [-0.3, -0.25) is 14.6 Å². The average Bonchev–Trinajstić information content (AvgIpc) is 3.43. The van der Waals surface area contributed by atoms with E-state index >= 15 is 0 Å². The molecule has 4 aromatic rings. The number of rotatable bonds is 8. The number of aromatic nitrogens is 4. The van der Waals surface area contributed by atoms with Crippen molar-refractivity contribution in [3.05, 3.63) is 91.2 Å². The second-order valence-corrected chi connectivity index (χ2v) is 8.90. The van der Waals surface area contributed by atoms with Gasteiger partial charge in [0.15, 0.2) is 0 Å². The molecule has 0 spiro atoms. The molecule has 5 rings (SSSR count). The van der Waals surface area contributed by atoms with Crippen LogP contribution in [0.15, 0.2) is 74.2 Å². The van der Waals surface area contributed by atoms with Gasteiger partial charge in [-0.25, -0.2) is 9.97 Å². The van der Waals surface area contributed by atoms with Gasteiger partial charge in [-0.1, -0.05) is 31.4 Å². The van der Waals surface area contributed by atoms with Crippen molar-refractivity contribution in [1.29, 1.82) is 0 Å². The number of nitrogens with one attached hydrogen (secondary N) is 2. The second kappa shape index (κ2) is 10.3. The fourth-order valence-electron chi connectivity index (χ4n) is 4.79. The van der Waals surface area contributed by atoms with Gasteiger partial charge in [-0.05, 0) is 41.5 Å². The normalized spacial score (nSPS) is 15.2. The van der Waals surface area contributed by atoms with E-state index in [1.165, 1.54) is 12.4 Å². The van der Waals surface area contributed by atoms with Gasteiger partial charge in [0.1, 0.15) is 17.8 Å². The molecule has 0 saturated carbocycles. The predicted octanol–water partition coefficient (Wildman–Crippen LogP) is 2.89. The minimum atomic E-state index is -0.393. The summed E-state index contributed by atoms with van der Waals surface area (Å²) >= 11 is 0. The third-order valence-corrected chi connectivity index (χ3v) is 6.58. The Balaban J connectivity index is 1.48. The molecule has 0 fully saturated rings. The molecule has 4 heterocycles. The molecule has 3 aromatic heterocycles. The molecule has 38 heavy (non-hydrogen) atoms. The molecule has 1 aliphatic rings. The maximum absolute atomic E-state index is 13.1. The summed E-state index contributed by atoms with van der Waals surface area (Å²) in [6.07, 6.45) is 4.32. The predicted molar refractivity (Wildman–Crippen MR) is 145 cm³/mol. The molecule has 0 radical (unpaired) electrons. The number of nitrogen functional groups attached to an aromatic ring is 1. The lowest BCUT2D eigenvalue weighted by Gasteiger charge is -2.17. The van der Waals surface area contributed by atoms with Crippen molar-refractivity contribution in [2.45, 2.75) is 18.6 Å². The van der Waals surface area contributed by atoms with Gasteiger partial charge in [0, 0.05) is 31.0 Å².